The van der Waals surface area contributed by atoms with Gasteiger partial charge in [0.15, 0.2) is 5.51 Å². The van der Waals surface area contributed by atoms with E-state index in [1.54, 1.807) is 11.3 Å². The van der Waals surface area contributed by atoms with Crippen LogP contribution < -0.4 is 4.90 Å². The Kier molecular flexibility index (Phi) is 7.75. The molecule has 0 aliphatic rings. The second kappa shape index (κ2) is 9.86. The molecular weight excluding hydrogens is 312 g/mol. The van der Waals surface area contributed by atoms with E-state index < -0.39 is 0 Å². The Morgan fingerprint density at radius 1 is 1.09 bits per heavy atom. The Morgan fingerprint density at radius 2 is 1.86 bits per heavy atom. The largest absolute Gasteiger partial charge is 0.371 e. The molecule has 1 aromatic carbocycles. The van der Waals surface area contributed by atoms with Crippen molar-refractivity contribution < 1.29 is 0 Å². The van der Waals surface area contributed by atoms with Crippen LogP contribution >= 0.6 is 22.9 Å². The molecule has 4 heteroatoms. The highest BCUT2D eigenvalue weighted by molar-refractivity contribution is 7.07. The van der Waals surface area contributed by atoms with Crippen LogP contribution in [-0.4, -0.2) is 18.1 Å². The van der Waals surface area contributed by atoms with Gasteiger partial charge in [-0.15, -0.1) is 11.3 Å². The van der Waals surface area contributed by atoms with Crippen molar-refractivity contribution in [3.63, 3.8) is 0 Å². The fraction of sp³-hybridized carbons (Fsp3) is 0.500. The summed E-state index contributed by atoms with van der Waals surface area (Å²) in [5, 5.41) is 2.88. The molecule has 1 aromatic heterocycles. The van der Waals surface area contributed by atoms with Gasteiger partial charge in [-0.2, -0.15) is 0 Å². The normalized spacial score (nSPS) is 10.8. The fourth-order valence-corrected chi connectivity index (χ4v) is 3.15. The van der Waals surface area contributed by atoms with Gasteiger partial charge in [0.05, 0.1) is 5.69 Å². The monoisotopic (exact) mass is 335 g/mol. The maximum atomic E-state index is 6.00. The van der Waals surface area contributed by atoms with Gasteiger partial charge in [-0.05, 0) is 30.7 Å². The summed E-state index contributed by atoms with van der Waals surface area (Å²) in [5.74, 6) is 0. The molecule has 0 aliphatic carbocycles. The Balaban J connectivity index is 1.89. The molecule has 0 spiro atoms. The molecule has 1 heterocycles. The summed E-state index contributed by atoms with van der Waals surface area (Å²) in [6.07, 6.45) is 7.49. The first-order valence-electron chi connectivity index (χ1n) is 8.10. The third-order valence-corrected chi connectivity index (χ3v) is 4.64. The Labute approximate surface area is 143 Å². The molecule has 0 unspecified atom stereocenters. The average molecular weight is 336 g/mol. The van der Waals surface area contributed by atoms with Gasteiger partial charge < -0.3 is 4.90 Å². The minimum absolute atomic E-state index is 0.792. The van der Waals surface area contributed by atoms with Crippen LogP contribution in [-0.2, 0) is 6.42 Å². The molecule has 0 amide bonds. The van der Waals surface area contributed by atoms with E-state index in [1.165, 1.54) is 37.8 Å². The van der Waals surface area contributed by atoms with E-state index in [2.05, 4.69) is 39.8 Å². The highest BCUT2D eigenvalue weighted by Crippen LogP contribution is 2.19. The maximum absolute atomic E-state index is 6.00. The first-order chi connectivity index (χ1) is 10.8. The molecule has 0 saturated heterocycles. The molecule has 22 heavy (non-hydrogen) atoms. The lowest BCUT2D eigenvalue weighted by molar-refractivity contribution is 0.616. The van der Waals surface area contributed by atoms with E-state index in [0.717, 1.165) is 30.2 Å². The number of thiazole rings is 1. The van der Waals surface area contributed by atoms with Gasteiger partial charge in [-0.25, -0.2) is 4.98 Å². The maximum Gasteiger partial charge on any atom is 0.152 e. The molecule has 0 N–H and O–H groups in total. The number of aromatic nitrogens is 1. The molecule has 0 aliphatic heterocycles. The van der Waals surface area contributed by atoms with Crippen molar-refractivity contribution in [1.29, 1.82) is 0 Å². The van der Waals surface area contributed by atoms with E-state index in [0.29, 0.717) is 0 Å². The molecule has 2 aromatic rings. The van der Waals surface area contributed by atoms with Crippen LogP contribution in [0.15, 0.2) is 29.6 Å². The van der Waals surface area contributed by atoms with Gasteiger partial charge in [-0.3, -0.25) is 0 Å². The molecule has 2 rings (SSSR count). The topological polar surface area (TPSA) is 16.1 Å². The predicted octanol–water partition coefficient (Wildman–Crippen LogP) is 5.62. The van der Waals surface area contributed by atoms with Crippen LogP contribution in [0.25, 0.3) is 0 Å². The van der Waals surface area contributed by atoms with E-state index in [1.807, 2.05) is 12.1 Å². The second-order valence-electron chi connectivity index (χ2n) is 5.56. The summed E-state index contributed by atoms with van der Waals surface area (Å²) in [4.78, 5) is 6.71. The summed E-state index contributed by atoms with van der Waals surface area (Å²) in [7, 11) is 0. The smallest absolute Gasteiger partial charge is 0.152 e. The Bertz CT molecular complexity index is 510. The van der Waals surface area contributed by atoms with Crippen LogP contribution in [0.3, 0.4) is 0 Å². The average Bonchev–Trinajstić information content (AvgIpc) is 3.04. The number of anilines is 1. The number of halogens is 1. The summed E-state index contributed by atoms with van der Waals surface area (Å²) in [6.45, 7) is 4.34. The number of hydrogen-bond acceptors (Lipinski definition) is 3. The molecule has 0 bridgehead atoms. The lowest BCUT2D eigenvalue weighted by Gasteiger charge is -2.24. The third-order valence-electron chi connectivity index (χ3n) is 3.80. The van der Waals surface area contributed by atoms with Crippen molar-refractivity contribution in [2.45, 2.75) is 45.4 Å². The van der Waals surface area contributed by atoms with Crippen LogP contribution in [0.4, 0.5) is 5.69 Å². The molecule has 2 nitrogen and oxygen atoms in total. The molecule has 0 fully saturated rings. The number of nitrogens with zero attached hydrogens (tertiary/aromatic N) is 2. The molecule has 119 valence electrons. The lowest BCUT2D eigenvalue weighted by Crippen LogP contribution is -2.27. The summed E-state index contributed by atoms with van der Waals surface area (Å²) in [5.41, 5.74) is 5.31. The van der Waals surface area contributed by atoms with Crippen molar-refractivity contribution in [2.24, 2.45) is 0 Å². The van der Waals surface area contributed by atoms with Crippen molar-refractivity contribution in [1.82, 2.24) is 4.98 Å². The minimum atomic E-state index is 0.792. The number of benzene rings is 1. The third kappa shape index (κ3) is 5.98. The first kappa shape index (κ1) is 17.3. The van der Waals surface area contributed by atoms with Gasteiger partial charge in [0, 0.05) is 35.6 Å². The SMILES string of the molecule is CCCCCCCN(CCc1cs[c]n1)c1ccc(Cl)cc1. The van der Waals surface area contributed by atoms with Gasteiger partial charge in [-0.1, -0.05) is 44.2 Å². The molecule has 0 saturated carbocycles. The minimum Gasteiger partial charge on any atom is -0.371 e. The summed E-state index contributed by atoms with van der Waals surface area (Å²) in [6, 6.07) is 8.16. The fourth-order valence-electron chi connectivity index (χ4n) is 2.50. The van der Waals surface area contributed by atoms with Crippen molar-refractivity contribution in [3.05, 3.63) is 45.9 Å². The van der Waals surface area contributed by atoms with E-state index in [4.69, 9.17) is 11.6 Å². The van der Waals surface area contributed by atoms with Crippen molar-refractivity contribution in [3.8, 4) is 0 Å². The van der Waals surface area contributed by atoms with E-state index in [9.17, 15) is 0 Å². The molecule has 1 radical (unpaired) electrons. The summed E-state index contributed by atoms with van der Waals surface area (Å²) < 4.78 is 0. The lowest BCUT2D eigenvalue weighted by atomic mass is 10.1. The van der Waals surface area contributed by atoms with E-state index >= 15 is 0 Å². The number of unbranched alkanes of at least 4 members (excludes halogenated alkanes) is 4. The highest BCUT2D eigenvalue weighted by atomic mass is 35.5. The quantitative estimate of drug-likeness (QED) is 0.524. The molecular formula is C18H24ClN2S. The second-order valence-corrected chi connectivity index (χ2v) is 6.65. The van der Waals surface area contributed by atoms with Crippen molar-refractivity contribution >= 4 is 28.6 Å². The number of rotatable bonds is 10. The first-order valence-corrected chi connectivity index (χ1v) is 9.36. The van der Waals surface area contributed by atoms with Gasteiger partial charge >= 0.3 is 0 Å². The van der Waals surface area contributed by atoms with E-state index in [-0.39, 0.29) is 0 Å². The predicted molar refractivity (Wildman–Crippen MR) is 97.1 cm³/mol. The molecule has 0 atom stereocenters. The van der Waals surface area contributed by atoms with Crippen LogP contribution in [0.5, 0.6) is 0 Å². The van der Waals surface area contributed by atoms with Crippen molar-refractivity contribution in [2.75, 3.05) is 18.0 Å². The zero-order valence-corrected chi connectivity index (χ0v) is 14.8. The zero-order valence-electron chi connectivity index (χ0n) is 13.2. The van der Waals surface area contributed by atoms with Gasteiger partial charge in [0.2, 0.25) is 0 Å². The van der Waals surface area contributed by atoms with Crippen LogP contribution in [0.2, 0.25) is 5.02 Å². The van der Waals surface area contributed by atoms with Crippen LogP contribution in [0.1, 0.15) is 44.7 Å². The standard InChI is InChI=1S/C18H24ClN2S/c1-2-3-4-5-6-12-21(13-11-17-14-22-15-20-17)18-9-7-16(19)8-10-18/h7-10,14H,2-6,11-13H2,1H3. The summed E-state index contributed by atoms with van der Waals surface area (Å²) >= 11 is 7.55. The van der Waals surface area contributed by atoms with Gasteiger partial charge in [0.1, 0.15) is 0 Å². The Hall–Kier alpha value is -1.06. The number of hydrogen-bond donors (Lipinski definition) is 0. The highest BCUT2D eigenvalue weighted by Gasteiger charge is 2.07. The van der Waals surface area contributed by atoms with Crippen LogP contribution in [0, 0.1) is 5.51 Å². The zero-order chi connectivity index (χ0) is 15.6. The van der Waals surface area contributed by atoms with Gasteiger partial charge in [0.25, 0.3) is 0 Å². The Morgan fingerprint density at radius 3 is 2.55 bits per heavy atom.